The van der Waals surface area contributed by atoms with E-state index in [4.69, 9.17) is 20.6 Å². The summed E-state index contributed by atoms with van der Waals surface area (Å²) in [6.45, 7) is 6.71. The number of hydrogen-bond acceptors (Lipinski definition) is 5. The van der Waals surface area contributed by atoms with Crippen LogP contribution in [0.25, 0.3) is 0 Å². The van der Waals surface area contributed by atoms with Crippen LogP contribution in [0.2, 0.25) is 0 Å². The highest BCUT2D eigenvalue weighted by Crippen LogP contribution is 2.44. The molecule has 0 aromatic heterocycles. The lowest BCUT2D eigenvalue weighted by Gasteiger charge is -2.28. The van der Waals surface area contributed by atoms with Crippen molar-refractivity contribution in [3.8, 4) is 23.8 Å². The van der Waals surface area contributed by atoms with Gasteiger partial charge in [0.25, 0.3) is 0 Å². The molecule has 0 saturated carbocycles. The highest BCUT2D eigenvalue weighted by molar-refractivity contribution is 9.11. The van der Waals surface area contributed by atoms with Crippen molar-refractivity contribution in [1.29, 1.82) is 0 Å². The van der Waals surface area contributed by atoms with Crippen LogP contribution in [0.3, 0.4) is 0 Å². The molecule has 2 atom stereocenters. The molecule has 186 valence electrons. The van der Waals surface area contributed by atoms with Gasteiger partial charge in [0, 0.05) is 5.41 Å². The standard InChI is InChI=1S/C25H28Br4O5/c1-5-7-32-12-18(31)14-34-24-21(28)10-16(11-22(24)29)25(3,4)15-8-19(26)23(20(27)9-15)33-13-17(30)6-2/h1,8-11,17-18,30-31H,6-7,12-14H2,2-4H3. The highest BCUT2D eigenvalue weighted by Gasteiger charge is 2.27. The number of terminal acetylenes is 1. The predicted octanol–water partition coefficient (Wildman–Crippen LogP) is 6.60. The molecule has 2 unspecified atom stereocenters. The van der Waals surface area contributed by atoms with E-state index in [2.05, 4.69) is 83.5 Å². The summed E-state index contributed by atoms with van der Waals surface area (Å²) in [6, 6.07) is 8.06. The maximum atomic E-state index is 10.0. The van der Waals surface area contributed by atoms with Crippen molar-refractivity contribution in [2.45, 2.75) is 44.8 Å². The van der Waals surface area contributed by atoms with Crippen molar-refractivity contribution in [3.63, 3.8) is 0 Å². The lowest BCUT2D eigenvalue weighted by molar-refractivity contribution is 0.0225. The third kappa shape index (κ3) is 7.95. The fourth-order valence-electron chi connectivity index (χ4n) is 3.06. The fourth-order valence-corrected chi connectivity index (χ4v) is 5.89. The van der Waals surface area contributed by atoms with Gasteiger partial charge in [-0.1, -0.05) is 26.7 Å². The first-order valence-corrected chi connectivity index (χ1v) is 13.8. The Morgan fingerprint density at radius 2 is 1.24 bits per heavy atom. The molecule has 0 bridgehead atoms. The Hall–Kier alpha value is -0.600. The van der Waals surface area contributed by atoms with Gasteiger partial charge < -0.3 is 24.4 Å². The van der Waals surface area contributed by atoms with Gasteiger partial charge in [0.05, 0.1) is 30.6 Å². The minimum Gasteiger partial charge on any atom is -0.489 e. The Balaban J connectivity index is 2.24. The van der Waals surface area contributed by atoms with Crippen molar-refractivity contribution < 1.29 is 24.4 Å². The molecule has 0 amide bonds. The van der Waals surface area contributed by atoms with E-state index in [0.717, 1.165) is 29.0 Å². The summed E-state index contributed by atoms with van der Waals surface area (Å²) >= 11 is 14.4. The van der Waals surface area contributed by atoms with Crippen LogP contribution < -0.4 is 9.47 Å². The van der Waals surface area contributed by atoms with Crippen molar-refractivity contribution in [2.24, 2.45) is 0 Å². The largest absolute Gasteiger partial charge is 0.489 e. The van der Waals surface area contributed by atoms with Crippen molar-refractivity contribution in [1.82, 2.24) is 0 Å². The zero-order chi connectivity index (χ0) is 25.5. The van der Waals surface area contributed by atoms with Crippen LogP contribution in [-0.4, -0.2) is 48.8 Å². The van der Waals surface area contributed by atoms with E-state index in [1.165, 1.54) is 0 Å². The van der Waals surface area contributed by atoms with E-state index in [1.807, 2.05) is 31.2 Å². The average molecular weight is 728 g/mol. The third-order valence-electron chi connectivity index (χ3n) is 5.25. The Labute approximate surface area is 235 Å². The second-order valence-corrected chi connectivity index (χ2v) is 11.6. The molecule has 2 N–H and O–H groups in total. The average Bonchev–Trinajstić information content (AvgIpc) is 2.77. The molecule has 9 heteroatoms. The van der Waals surface area contributed by atoms with Gasteiger partial charge in [0.15, 0.2) is 0 Å². The van der Waals surface area contributed by atoms with Gasteiger partial charge in [0.2, 0.25) is 0 Å². The zero-order valence-electron chi connectivity index (χ0n) is 19.2. The van der Waals surface area contributed by atoms with E-state index < -0.39 is 12.2 Å². The normalized spacial score (nSPS) is 13.3. The van der Waals surface area contributed by atoms with E-state index in [1.54, 1.807) is 0 Å². The quantitative estimate of drug-likeness (QED) is 0.191. The maximum absolute atomic E-state index is 10.0. The fraction of sp³-hybridized carbons (Fsp3) is 0.440. The van der Waals surface area contributed by atoms with E-state index in [-0.39, 0.29) is 31.8 Å². The van der Waals surface area contributed by atoms with E-state index in [0.29, 0.717) is 17.9 Å². The SMILES string of the molecule is C#CCOCC(O)COc1c(Br)cc(C(C)(C)c2cc(Br)c(OCC(O)CC)c(Br)c2)cc1Br. The molecule has 0 spiro atoms. The van der Waals surface area contributed by atoms with Gasteiger partial charge in [-0.3, -0.25) is 0 Å². The second-order valence-electron chi connectivity index (χ2n) is 8.22. The molecule has 2 aromatic rings. The first-order chi connectivity index (χ1) is 16.0. The van der Waals surface area contributed by atoms with Crippen LogP contribution in [0, 0.1) is 12.3 Å². The van der Waals surface area contributed by atoms with Crippen molar-refractivity contribution in [2.75, 3.05) is 26.4 Å². The van der Waals surface area contributed by atoms with Gasteiger partial charge in [-0.2, -0.15) is 0 Å². The monoisotopic (exact) mass is 724 g/mol. The zero-order valence-corrected chi connectivity index (χ0v) is 25.6. The minimum atomic E-state index is -0.794. The van der Waals surface area contributed by atoms with Crippen molar-refractivity contribution >= 4 is 63.7 Å². The molecule has 0 aliphatic carbocycles. The van der Waals surface area contributed by atoms with Gasteiger partial charge in [0.1, 0.15) is 37.4 Å². The topological polar surface area (TPSA) is 68.2 Å². The number of benzene rings is 2. The summed E-state index contributed by atoms with van der Waals surface area (Å²) in [5.41, 5.74) is 1.74. The molecule has 34 heavy (non-hydrogen) atoms. The van der Waals surface area contributed by atoms with Gasteiger partial charge in [-0.05, 0) is 106 Å². The minimum absolute atomic E-state index is 0.0681. The molecule has 2 rings (SSSR count). The molecule has 0 aliphatic rings. The predicted molar refractivity (Wildman–Crippen MR) is 149 cm³/mol. The Morgan fingerprint density at radius 3 is 1.62 bits per heavy atom. The van der Waals surface area contributed by atoms with Gasteiger partial charge >= 0.3 is 0 Å². The molecule has 5 nitrogen and oxygen atoms in total. The van der Waals surface area contributed by atoms with Crippen LogP contribution in [0.15, 0.2) is 42.2 Å². The lowest BCUT2D eigenvalue weighted by Crippen LogP contribution is -2.24. The number of hydrogen-bond donors (Lipinski definition) is 2. The molecule has 0 saturated heterocycles. The third-order valence-corrected chi connectivity index (χ3v) is 7.60. The smallest absolute Gasteiger partial charge is 0.147 e. The summed E-state index contributed by atoms with van der Waals surface area (Å²) in [4.78, 5) is 0. The molecule has 0 fully saturated rings. The Kier molecular flexibility index (Phi) is 11.9. The first kappa shape index (κ1) is 29.6. The summed E-state index contributed by atoms with van der Waals surface area (Å²) in [5.74, 6) is 3.61. The summed E-state index contributed by atoms with van der Waals surface area (Å²) in [7, 11) is 0. The van der Waals surface area contributed by atoms with Crippen LogP contribution in [-0.2, 0) is 10.2 Å². The van der Waals surface area contributed by atoms with Crippen LogP contribution >= 0.6 is 63.7 Å². The van der Waals surface area contributed by atoms with Crippen LogP contribution in [0.5, 0.6) is 11.5 Å². The maximum Gasteiger partial charge on any atom is 0.147 e. The van der Waals surface area contributed by atoms with Crippen molar-refractivity contribution in [3.05, 3.63) is 53.3 Å². The molecule has 2 aromatic carbocycles. The van der Waals surface area contributed by atoms with Crippen LogP contribution in [0.1, 0.15) is 38.3 Å². The Bertz CT molecular complexity index is 973. The number of aliphatic hydroxyl groups is 2. The molecule has 0 heterocycles. The molecule has 0 radical (unpaired) electrons. The van der Waals surface area contributed by atoms with Crippen LogP contribution in [0.4, 0.5) is 0 Å². The van der Waals surface area contributed by atoms with Gasteiger partial charge in [-0.25, -0.2) is 0 Å². The molecule has 0 aliphatic heterocycles. The number of ether oxygens (including phenoxy) is 3. The molecular weight excluding hydrogens is 700 g/mol. The second kappa shape index (κ2) is 13.6. The summed E-state index contributed by atoms with van der Waals surface area (Å²) < 4.78 is 19.9. The summed E-state index contributed by atoms with van der Waals surface area (Å²) in [6.07, 6.45) is 4.46. The van der Waals surface area contributed by atoms with Gasteiger partial charge in [-0.15, -0.1) is 6.42 Å². The summed E-state index contributed by atoms with van der Waals surface area (Å²) in [5, 5.41) is 19.8. The highest BCUT2D eigenvalue weighted by atomic mass is 79.9. The van der Waals surface area contributed by atoms with E-state index >= 15 is 0 Å². The lowest BCUT2D eigenvalue weighted by atomic mass is 9.78. The number of aliphatic hydroxyl groups excluding tert-OH is 2. The molecular formula is C25H28Br4O5. The first-order valence-electron chi connectivity index (χ1n) is 10.6. The number of halogens is 4. The number of rotatable bonds is 12. The van der Waals surface area contributed by atoms with E-state index in [9.17, 15) is 10.2 Å². The Morgan fingerprint density at radius 1 is 0.824 bits per heavy atom.